The lowest BCUT2D eigenvalue weighted by atomic mass is 9.91. The van der Waals surface area contributed by atoms with Crippen molar-refractivity contribution in [1.82, 2.24) is 25.2 Å². The molecular weight excluding hydrogens is 362 g/mol. The van der Waals surface area contributed by atoms with Gasteiger partial charge >= 0.3 is 0 Å². The Balaban J connectivity index is 1.27. The molecule has 3 aromatic rings. The highest BCUT2D eigenvalue weighted by Crippen LogP contribution is 2.23. The van der Waals surface area contributed by atoms with E-state index in [9.17, 15) is 0 Å². The molecular formula is C22H29N7. The van der Waals surface area contributed by atoms with Crippen LogP contribution in [0.4, 0.5) is 11.6 Å². The minimum absolute atomic E-state index is 0.402. The van der Waals surface area contributed by atoms with Gasteiger partial charge in [0.15, 0.2) is 0 Å². The molecule has 0 spiro atoms. The SMILES string of the molecule is Cc1ccc(NNC2CCC(Nc3nccc(-c4cnn(C)c4)n3)CC2)cc1C. The number of nitrogens with zero attached hydrogens (tertiary/aromatic N) is 4. The average molecular weight is 392 g/mol. The number of nitrogens with one attached hydrogen (secondary N) is 3. The van der Waals surface area contributed by atoms with Crippen LogP contribution in [0.3, 0.4) is 0 Å². The van der Waals surface area contributed by atoms with Crippen molar-refractivity contribution in [3.63, 3.8) is 0 Å². The number of rotatable bonds is 6. The zero-order valence-corrected chi connectivity index (χ0v) is 17.3. The maximum atomic E-state index is 4.66. The smallest absolute Gasteiger partial charge is 0.223 e. The lowest BCUT2D eigenvalue weighted by Crippen LogP contribution is -2.40. The van der Waals surface area contributed by atoms with Crippen LogP contribution in [0.1, 0.15) is 36.8 Å². The number of anilines is 2. The molecule has 1 aromatic carbocycles. The second kappa shape index (κ2) is 8.61. The van der Waals surface area contributed by atoms with E-state index >= 15 is 0 Å². The van der Waals surface area contributed by atoms with Crippen molar-refractivity contribution < 1.29 is 0 Å². The van der Waals surface area contributed by atoms with Gasteiger partial charge in [0.25, 0.3) is 0 Å². The van der Waals surface area contributed by atoms with Gasteiger partial charge in [-0.3, -0.25) is 4.68 Å². The molecule has 1 aliphatic rings. The number of aromatic nitrogens is 4. The predicted octanol–water partition coefficient (Wildman–Crippen LogP) is 3.83. The van der Waals surface area contributed by atoms with Gasteiger partial charge in [-0.15, -0.1) is 0 Å². The normalized spacial score (nSPS) is 19.1. The van der Waals surface area contributed by atoms with E-state index in [-0.39, 0.29) is 0 Å². The molecule has 0 atom stereocenters. The fourth-order valence-electron chi connectivity index (χ4n) is 3.71. The maximum absolute atomic E-state index is 4.66. The number of hydrazine groups is 1. The molecule has 0 aliphatic heterocycles. The zero-order valence-electron chi connectivity index (χ0n) is 17.3. The van der Waals surface area contributed by atoms with E-state index in [1.54, 1.807) is 10.9 Å². The fourth-order valence-corrected chi connectivity index (χ4v) is 3.71. The quantitative estimate of drug-likeness (QED) is 0.554. The van der Waals surface area contributed by atoms with Crippen molar-refractivity contribution in [2.75, 3.05) is 10.7 Å². The highest BCUT2D eigenvalue weighted by molar-refractivity contribution is 5.57. The average Bonchev–Trinajstić information content (AvgIpc) is 3.17. The standard InChI is InChI=1S/C22H29N7/c1-15-4-5-20(12-16(15)2)28-27-19-8-6-18(7-9-19)25-22-23-11-10-21(26-22)17-13-24-29(3)14-17/h4-5,10-14,18-19,27-28H,6-9H2,1-3H3,(H,23,25,26). The molecule has 2 aromatic heterocycles. The van der Waals surface area contributed by atoms with Crippen molar-refractivity contribution in [1.29, 1.82) is 0 Å². The molecule has 0 saturated heterocycles. The second-order valence-electron chi connectivity index (χ2n) is 7.93. The van der Waals surface area contributed by atoms with Crippen molar-refractivity contribution >= 4 is 11.6 Å². The summed E-state index contributed by atoms with van der Waals surface area (Å²) in [5, 5.41) is 7.73. The summed E-state index contributed by atoms with van der Waals surface area (Å²) in [5.41, 5.74) is 12.5. The Kier molecular flexibility index (Phi) is 5.76. The van der Waals surface area contributed by atoms with Crippen LogP contribution in [0.5, 0.6) is 0 Å². The zero-order chi connectivity index (χ0) is 20.2. The third-order valence-electron chi connectivity index (χ3n) is 5.64. The Bertz CT molecular complexity index is 957. The summed E-state index contributed by atoms with van der Waals surface area (Å²) in [6, 6.07) is 9.24. The van der Waals surface area contributed by atoms with Gasteiger partial charge in [0.1, 0.15) is 0 Å². The summed E-state index contributed by atoms with van der Waals surface area (Å²) in [6.45, 7) is 4.28. The Morgan fingerprint density at radius 1 is 1.00 bits per heavy atom. The van der Waals surface area contributed by atoms with Crippen LogP contribution < -0.4 is 16.2 Å². The number of hydrogen-bond acceptors (Lipinski definition) is 6. The molecule has 4 rings (SSSR count). The van der Waals surface area contributed by atoms with Crippen LogP contribution in [-0.2, 0) is 7.05 Å². The lowest BCUT2D eigenvalue weighted by Gasteiger charge is -2.30. The van der Waals surface area contributed by atoms with Crippen LogP contribution in [-0.4, -0.2) is 31.8 Å². The minimum atomic E-state index is 0.402. The largest absolute Gasteiger partial charge is 0.351 e. The van der Waals surface area contributed by atoms with Crippen LogP contribution in [0.2, 0.25) is 0 Å². The van der Waals surface area contributed by atoms with E-state index in [0.717, 1.165) is 42.6 Å². The molecule has 0 unspecified atom stereocenters. The van der Waals surface area contributed by atoms with Crippen molar-refractivity contribution in [3.8, 4) is 11.3 Å². The van der Waals surface area contributed by atoms with E-state index in [0.29, 0.717) is 18.0 Å². The molecule has 2 heterocycles. The highest BCUT2D eigenvalue weighted by Gasteiger charge is 2.21. The summed E-state index contributed by atoms with van der Waals surface area (Å²) < 4.78 is 1.78. The van der Waals surface area contributed by atoms with Crippen molar-refractivity contribution in [3.05, 3.63) is 54.0 Å². The van der Waals surface area contributed by atoms with Gasteiger partial charge in [-0.25, -0.2) is 15.4 Å². The van der Waals surface area contributed by atoms with E-state index in [4.69, 9.17) is 0 Å². The highest BCUT2D eigenvalue weighted by atomic mass is 15.4. The second-order valence-corrected chi connectivity index (χ2v) is 7.93. The predicted molar refractivity (Wildman–Crippen MR) is 117 cm³/mol. The summed E-state index contributed by atoms with van der Waals surface area (Å²) in [6.07, 6.45) is 9.99. The van der Waals surface area contributed by atoms with Crippen LogP contribution >= 0.6 is 0 Å². The molecule has 1 aliphatic carbocycles. The number of benzene rings is 1. The molecule has 0 radical (unpaired) electrons. The molecule has 7 heteroatoms. The number of aryl methyl sites for hydroxylation is 3. The molecule has 3 N–H and O–H groups in total. The molecule has 29 heavy (non-hydrogen) atoms. The van der Waals surface area contributed by atoms with Crippen LogP contribution in [0.25, 0.3) is 11.3 Å². The molecule has 1 saturated carbocycles. The lowest BCUT2D eigenvalue weighted by molar-refractivity contribution is 0.369. The van der Waals surface area contributed by atoms with E-state index in [2.05, 4.69) is 63.3 Å². The summed E-state index contributed by atoms with van der Waals surface area (Å²) in [4.78, 5) is 9.06. The first-order valence-corrected chi connectivity index (χ1v) is 10.2. The van der Waals surface area contributed by atoms with Crippen LogP contribution in [0, 0.1) is 13.8 Å². The third kappa shape index (κ3) is 4.92. The van der Waals surface area contributed by atoms with Gasteiger partial charge in [0, 0.05) is 42.8 Å². The fraction of sp³-hybridized carbons (Fsp3) is 0.409. The first-order valence-electron chi connectivity index (χ1n) is 10.2. The van der Waals surface area contributed by atoms with Gasteiger partial charge in [-0.05, 0) is 68.9 Å². The Morgan fingerprint density at radius 2 is 1.79 bits per heavy atom. The molecule has 0 bridgehead atoms. The molecule has 152 valence electrons. The topological polar surface area (TPSA) is 79.7 Å². The first-order chi connectivity index (χ1) is 14.1. The summed E-state index contributed by atoms with van der Waals surface area (Å²) in [7, 11) is 1.91. The van der Waals surface area contributed by atoms with Gasteiger partial charge in [-0.2, -0.15) is 5.10 Å². The van der Waals surface area contributed by atoms with Crippen molar-refractivity contribution in [2.45, 2.75) is 51.6 Å². The Labute approximate surface area is 171 Å². The van der Waals surface area contributed by atoms with Gasteiger partial charge in [0.05, 0.1) is 11.9 Å². The van der Waals surface area contributed by atoms with Crippen LogP contribution in [0.15, 0.2) is 42.9 Å². The summed E-state index contributed by atoms with van der Waals surface area (Å²) >= 11 is 0. The third-order valence-corrected chi connectivity index (χ3v) is 5.64. The molecule has 0 amide bonds. The van der Waals surface area contributed by atoms with E-state index in [1.807, 2.05) is 25.5 Å². The Morgan fingerprint density at radius 3 is 2.52 bits per heavy atom. The van der Waals surface area contributed by atoms with Crippen molar-refractivity contribution in [2.24, 2.45) is 7.05 Å². The minimum Gasteiger partial charge on any atom is -0.351 e. The van der Waals surface area contributed by atoms with Gasteiger partial charge in [0.2, 0.25) is 5.95 Å². The van der Waals surface area contributed by atoms with Gasteiger partial charge in [-0.1, -0.05) is 6.07 Å². The van der Waals surface area contributed by atoms with Gasteiger partial charge < -0.3 is 10.7 Å². The molecule has 1 fully saturated rings. The Hall–Kier alpha value is -2.93. The van der Waals surface area contributed by atoms with E-state index in [1.165, 1.54) is 11.1 Å². The molecule has 7 nitrogen and oxygen atoms in total. The monoisotopic (exact) mass is 391 g/mol. The summed E-state index contributed by atoms with van der Waals surface area (Å²) in [5.74, 6) is 0.691. The first kappa shape index (κ1) is 19.4. The number of hydrogen-bond donors (Lipinski definition) is 3. The van der Waals surface area contributed by atoms with E-state index < -0.39 is 0 Å². The maximum Gasteiger partial charge on any atom is 0.223 e.